The predicted molar refractivity (Wildman–Crippen MR) is 80.3 cm³/mol. The molecule has 1 saturated heterocycles. The van der Waals surface area contributed by atoms with E-state index >= 15 is 0 Å². The molecule has 2 heterocycles. The molecule has 20 heavy (non-hydrogen) atoms. The van der Waals surface area contributed by atoms with Gasteiger partial charge in [-0.2, -0.15) is 0 Å². The van der Waals surface area contributed by atoms with E-state index in [9.17, 15) is 9.90 Å². The van der Waals surface area contributed by atoms with Crippen LogP contribution in [0, 0.1) is 12.8 Å². The molecule has 0 unspecified atom stereocenters. The summed E-state index contributed by atoms with van der Waals surface area (Å²) in [4.78, 5) is 17.3. The highest BCUT2D eigenvalue weighted by Crippen LogP contribution is 2.24. The Hall–Kier alpha value is -0.980. The van der Waals surface area contributed by atoms with Gasteiger partial charge in [0.2, 0.25) is 0 Å². The number of β-amino-alcohol motifs (C(OH)–C–C–N with tert-alkyl or cyclic N) is 1. The summed E-state index contributed by atoms with van der Waals surface area (Å²) < 4.78 is 0. The highest BCUT2D eigenvalue weighted by molar-refractivity contribution is 7.13. The van der Waals surface area contributed by atoms with E-state index in [2.05, 4.69) is 29.5 Å². The second-order valence-corrected chi connectivity index (χ2v) is 6.68. The number of hydrogen-bond donors (Lipinski definition) is 3. The Morgan fingerprint density at radius 2 is 2.35 bits per heavy atom. The quantitative estimate of drug-likeness (QED) is 0.782. The third-order valence-corrected chi connectivity index (χ3v) is 5.08. The average molecular weight is 297 g/mol. The van der Waals surface area contributed by atoms with Crippen LogP contribution in [0.15, 0.2) is 0 Å². The first-order chi connectivity index (χ1) is 9.49. The topological polar surface area (TPSA) is 74.2 Å². The zero-order valence-electron chi connectivity index (χ0n) is 12.3. The maximum atomic E-state index is 12.2. The molecule has 1 amide bonds. The first-order valence-corrected chi connectivity index (χ1v) is 7.95. The van der Waals surface area contributed by atoms with Crippen molar-refractivity contribution in [3.63, 3.8) is 0 Å². The maximum Gasteiger partial charge on any atom is 0.263 e. The fourth-order valence-electron chi connectivity index (χ4n) is 2.31. The molecule has 0 bridgehead atoms. The van der Waals surface area contributed by atoms with Crippen LogP contribution in [0.4, 0.5) is 0 Å². The van der Waals surface area contributed by atoms with Crippen molar-refractivity contribution in [2.24, 2.45) is 5.92 Å². The van der Waals surface area contributed by atoms with Crippen molar-refractivity contribution in [2.45, 2.75) is 39.2 Å². The van der Waals surface area contributed by atoms with E-state index in [4.69, 9.17) is 0 Å². The van der Waals surface area contributed by atoms with Gasteiger partial charge in [0.05, 0.1) is 16.8 Å². The van der Waals surface area contributed by atoms with Crippen LogP contribution >= 0.6 is 11.3 Å². The van der Waals surface area contributed by atoms with Gasteiger partial charge in [-0.1, -0.05) is 13.8 Å². The van der Waals surface area contributed by atoms with E-state index in [1.165, 1.54) is 11.3 Å². The van der Waals surface area contributed by atoms with Gasteiger partial charge in [-0.3, -0.25) is 4.79 Å². The summed E-state index contributed by atoms with van der Waals surface area (Å²) in [5.41, 5.74) is 0.794. The van der Waals surface area contributed by atoms with E-state index in [0.717, 1.165) is 23.7 Å². The van der Waals surface area contributed by atoms with Crippen molar-refractivity contribution in [1.29, 1.82) is 0 Å². The number of aliphatic hydroxyl groups excluding tert-OH is 1. The SMILES string of the molecule is Cc1nc(C(C)C)sc1C(=O)NC[C@@H]1CCNC[C@H]1O. The summed E-state index contributed by atoms with van der Waals surface area (Å²) in [7, 11) is 0. The molecule has 1 aromatic heterocycles. The third-order valence-electron chi connectivity index (χ3n) is 3.63. The van der Waals surface area contributed by atoms with Crippen LogP contribution in [0.25, 0.3) is 0 Å². The Bertz CT molecular complexity index is 473. The Morgan fingerprint density at radius 1 is 1.60 bits per heavy atom. The van der Waals surface area contributed by atoms with Crippen LogP contribution in [0.3, 0.4) is 0 Å². The lowest BCUT2D eigenvalue weighted by atomic mass is 9.95. The van der Waals surface area contributed by atoms with Crippen molar-refractivity contribution < 1.29 is 9.90 Å². The van der Waals surface area contributed by atoms with Crippen molar-refractivity contribution in [1.82, 2.24) is 15.6 Å². The lowest BCUT2D eigenvalue weighted by Crippen LogP contribution is -2.45. The zero-order valence-corrected chi connectivity index (χ0v) is 13.1. The predicted octanol–water partition coefficient (Wildman–Crippen LogP) is 1.28. The number of rotatable bonds is 4. The molecule has 2 rings (SSSR count). The molecule has 112 valence electrons. The molecule has 1 aliphatic heterocycles. The molecule has 1 aliphatic rings. The van der Waals surface area contributed by atoms with Crippen molar-refractivity contribution in [3.05, 3.63) is 15.6 Å². The van der Waals surface area contributed by atoms with E-state index in [0.29, 0.717) is 23.9 Å². The number of amides is 1. The van der Waals surface area contributed by atoms with Crippen LogP contribution in [0.5, 0.6) is 0 Å². The number of aromatic nitrogens is 1. The Kier molecular flexibility index (Phi) is 5.12. The monoisotopic (exact) mass is 297 g/mol. The van der Waals surface area contributed by atoms with Gasteiger partial charge in [0, 0.05) is 24.9 Å². The molecular formula is C14H23N3O2S. The third kappa shape index (κ3) is 3.56. The zero-order chi connectivity index (χ0) is 14.7. The van der Waals surface area contributed by atoms with Crippen LogP contribution in [-0.2, 0) is 0 Å². The maximum absolute atomic E-state index is 12.2. The number of thiazole rings is 1. The van der Waals surface area contributed by atoms with E-state index in [-0.39, 0.29) is 17.9 Å². The molecule has 3 N–H and O–H groups in total. The van der Waals surface area contributed by atoms with E-state index < -0.39 is 0 Å². The van der Waals surface area contributed by atoms with Crippen LogP contribution in [-0.4, -0.2) is 41.7 Å². The number of carbonyl (C=O) groups is 1. The second-order valence-electron chi connectivity index (χ2n) is 5.65. The normalized spacial score (nSPS) is 23.1. The standard InChI is InChI=1S/C14H23N3O2S/c1-8(2)14-17-9(3)12(20-14)13(19)16-6-10-4-5-15-7-11(10)18/h8,10-11,15,18H,4-7H2,1-3H3,(H,16,19)/t10-,11+/m0/s1. The van der Waals surface area contributed by atoms with Gasteiger partial charge in [0.15, 0.2) is 0 Å². The van der Waals surface area contributed by atoms with E-state index in [1.54, 1.807) is 0 Å². The Labute approximate surface area is 123 Å². The van der Waals surface area contributed by atoms with Gasteiger partial charge in [0.1, 0.15) is 4.88 Å². The number of carbonyl (C=O) groups excluding carboxylic acids is 1. The molecular weight excluding hydrogens is 274 g/mol. The number of piperidine rings is 1. The van der Waals surface area contributed by atoms with Crippen LogP contribution < -0.4 is 10.6 Å². The average Bonchev–Trinajstić information content (AvgIpc) is 2.80. The lowest BCUT2D eigenvalue weighted by molar-refractivity contribution is 0.0754. The summed E-state index contributed by atoms with van der Waals surface area (Å²) in [6.45, 7) is 8.05. The number of nitrogens with one attached hydrogen (secondary N) is 2. The van der Waals surface area contributed by atoms with Gasteiger partial charge in [-0.05, 0) is 19.9 Å². The molecule has 0 saturated carbocycles. The number of aliphatic hydroxyl groups is 1. The summed E-state index contributed by atoms with van der Waals surface area (Å²) in [5, 5.41) is 16.9. The smallest absolute Gasteiger partial charge is 0.263 e. The van der Waals surface area contributed by atoms with Crippen molar-refractivity contribution in [2.75, 3.05) is 19.6 Å². The molecule has 2 atom stereocenters. The molecule has 0 aliphatic carbocycles. The van der Waals surface area contributed by atoms with Gasteiger partial charge in [0.25, 0.3) is 5.91 Å². The second kappa shape index (κ2) is 6.65. The summed E-state index contributed by atoms with van der Waals surface area (Å²) in [6, 6.07) is 0. The minimum atomic E-state index is -0.377. The lowest BCUT2D eigenvalue weighted by Gasteiger charge is -2.28. The fraction of sp³-hybridized carbons (Fsp3) is 0.714. The van der Waals surface area contributed by atoms with Crippen LogP contribution in [0.2, 0.25) is 0 Å². The number of nitrogens with zero attached hydrogens (tertiary/aromatic N) is 1. The largest absolute Gasteiger partial charge is 0.391 e. The molecule has 0 radical (unpaired) electrons. The van der Waals surface area contributed by atoms with Crippen molar-refractivity contribution >= 4 is 17.2 Å². The fourth-order valence-corrected chi connectivity index (χ4v) is 3.30. The summed E-state index contributed by atoms with van der Waals surface area (Å²) in [6.07, 6.45) is 0.512. The molecule has 6 heteroatoms. The Morgan fingerprint density at radius 3 is 2.95 bits per heavy atom. The number of aryl methyl sites for hydroxylation is 1. The molecule has 5 nitrogen and oxygen atoms in total. The molecule has 1 fully saturated rings. The van der Waals surface area contributed by atoms with Gasteiger partial charge in [-0.15, -0.1) is 11.3 Å². The molecule has 1 aromatic rings. The van der Waals surface area contributed by atoms with Gasteiger partial charge < -0.3 is 15.7 Å². The molecule has 0 spiro atoms. The minimum absolute atomic E-state index is 0.0716. The van der Waals surface area contributed by atoms with Crippen molar-refractivity contribution in [3.8, 4) is 0 Å². The highest BCUT2D eigenvalue weighted by atomic mass is 32.1. The van der Waals surface area contributed by atoms with E-state index in [1.807, 2.05) is 6.92 Å². The van der Waals surface area contributed by atoms with Gasteiger partial charge in [-0.25, -0.2) is 4.98 Å². The van der Waals surface area contributed by atoms with Gasteiger partial charge >= 0.3 is 0 Å². The Balaban J connectivity index is 1.94. The minimum Gasteiger partial charge on any atom is -0.391 e. The highest BCUT2D eigenvalue weighted by Gasteiger charge is 2.24. The first-order valence-electron chi connectivity index (χ1n) is 7.13. The summed E-state index contributed by atoms with van der Waals surface area (Å²) >= 11 is 1.47. The molecule has 0 aromatic carbocycles. The summed E-state index contributed by atoms with van der Waals surface area (Å²) in [5.74, 6) is 0.405. The first kappa shape index (κ1) is 15.4. The van der Waals surface area contributed by atoms with Crippen LogP contribution in [0.1, 0.15) is 46.6 Å². The number of hydrogen-bond acceptors (Lipinski definition) is 5.